The molecular weight excluding hydrogens is 274 g/mol. The van der Waals surface area contributed by atoms with Gasteiger partial charge in [0, 0.05) is 18.8 Å². The Hall–Kier alpha value is -0.980. The van der Waals surface area contributed by atoms with Crippen LogP contribution in [0, 0.1) is 5.92 Å². The molecule has 0 saturated heterocycles. The van der Waals surface area contributed by atoms with Crippen molar-refractivity contribution in [2.24, 2.45) is 11.7 Å². The predicted molar refractivity (Wildman–Crippen MR) is 78.5 cm³/mol. The van der Waals surface area contributed by atoms with Crippen LogP contribution in [0.3, 0.4) is 0 Å². The zero-order valence-electron chi connectivity index (χ0n) is 11.9. The van der Waals surface area contributed by atoms with Gasteiger partial charge in [0.1, 0.15) is 4.90 Å². The second-order valence-corrected chi connectivity index (χ2v) is 7.21. The van der Waals surface area contributed by atoms with Crippen molar-refractivity contribution in [3.63, 3.8) is 0 Å². The van der Waals surface area contributed by atoms with E-state index in [0.29, 0.717) is 18.2 Å². The number of nitrogens with two attached hydrogens (primary N) is 1. The Morgan fingerprint density at radius 1 is 1.35 bits per heavy atom. The van der Waals surface area contributed by atoms with Gasteiger partial charge < -0.3 is 5.73 Å². The van der Waals surface area contributed by atoms with Gasteiger partial charge in [0.25, 0.3) is 0 Å². The van der Waals surface area contributed by atoms with Gasteiger partial charge in [0.15, 0.2) is 0 Å². The van der Waals surface area contributed by atoms with Crippen LogP contribution in [0.1, 0.15) is 44.7 Å². The molecule has 1 aromatic heterocycles. The van der Waals surface area contributed by atoms with Crippen molar-refractivity contribution < 1.29 is 8.42 Å². The Balaban J connectivity index is 2.05. The molecule has 1 heterocycles. The van der Waals surface area contributed by atoms with Gasteiger partial charge in [-0.05, 0) is 37.8 Å². The van der Waals surface area contributed by atoms with E-state index >= 15 is 0 Å². The summed E-state index contributed by atoms with van der Waals surface area (Å²) in [5, 5.41) is 0. The highest BCUT2D eigenvalue weighted by molar-refractivity contribution is 7.89. The Bertz CT molecular complexity index is 522. The average Bonchev–Trinajstić information content (AvgIpc) is 2.48. The predicted octanol–water partition coefficient (Wildman–Crippen LogP) is 1.79. The van der Waals surface area contributed by atoms with Crippen molar-refractivity contribution in [2.75, 3.05) is 0 Å². The molecule has 1 fully saturated rings. The van der Waals surface area contributed by atoms with E-state index in [0.717, 1.165) is 12.8 Å². The van der Waals surface area contributed by atoms with Crippen molar-refractivity contribution in [3.05, 3.63) is 24.0 Å². The van der Waals surface area contributed by atoms with Crippen LogP contribution in [0.4, 0.5) is 0 Å². The lowest BCUT2D eigenvalue weighted by atomic mass is 9.85. The third kappa shape index (κ3) is 3.77. The molecule has 2 rings (SSSR count). The van der Waals surface area contributed by atoms with E-state index in [9.17, 15) is 8.42 Å². The maximum atomic E-state index is 12.3. The van der Waals surface area contributed by atoms with E-state index in [1.165, 1.54) is 25.5 Å². The summed E-state index contributed by atoms with van der Waals surface area (Å²) in [6.07, 6.45) is 7.24. The van der Waals surface area contributed by atoms with Crippen molar-refractivity contribution in [2.45, 2.75) is 56.5 Å². The highest BCUT2D eigenvalue weighted by Crippen LogP contribution is 2.27. The highest BCUT2D eigenvalue weighted by Gasteiger charge is 2.25. The molecule has 5 nitrogen and oxygen atoms in total. The number of pyridine rings is 1. The number of aromatic nitrogens is 1. The Morgan fingerprint density at radius 2 is 2.05 bits per heavy atom. The van der Waals surface area contributed by atoms with Gasteiger partial charge in [-0.2, -0.15) is 0 Å². The SMILES string of the molecule is CC(NS(=O)(=O)c1ccc(CN)nc1)C1CCCCC1. The molecular formula is C14H23N3O2S. The molecule has 112 valence electrons. The molecule has 0 amide bonds. The summed E-state index contributed by atoms with van der Waals surface area (Å²) in [7, 11) is -3.49. The molecule has 0 aliphatic heterocycles. The number of nitrogens with zero attached hydrogens (tertiary/aromatic N) is 1. The monoisotopic (exact) mass is 297 g/mol. The van der Waals surface area contributed by atoms with Gasteiger partial charge in [0.2, 0.25) is 10.0 Å². The third-order valence-electron chi connectivity index (χ3n) is 4.02. The second-order valence-electron chi connectivity index (χ2n) is 5.50. The fraction of sp³-hybridized carbons (Fsp3) is 0.643. The summed E-state index contributed by atoms with van der Waals surface area (Å²) in [6.45, 7) is 2.27. The van der Waals surface area contributed by atoms with E-state index in [4.69, 9.17) is 5.73 Å². The maximum Gasteiger partial charge on any atom is 0.242 e. The molecule has 1 unspecified atom stereocenters. The molecule has 1 aliphatic carbocycles. The minimum atomic E-state index is -3.49. The zero-order valence-corrected chi connectivity index (χ0v) is 12.7. The molecule has 0 radical (unpaired) electrons. The molecule has 1 aliphatic rings. The number of nitrogens with one attached hydrogen (secondary N) is 1. The molecule has 20 heavy (non-hydrogen) atoms. The molecule has 3 N–H and O–H groups in total. The highest BCUT2D eigenvalue weighted by atomic mass is 32.2. The summed E-state index contributed by atoms with van der Waals surface area (Å²) < 4.78 is 27.4. The first-order chi connectivity index (χ1) is 9.53. The molecule has 1 aromatic rings. The maximum absolute atomic E-state index is 12.3. The van der Waals surface area contributed by atoms with E-state index in [2.05, 4.69) is 9.71 Å². The van der Waals surface area contributed by atoms with Crippen LogP contribution in [0.2, 0.25) is 0 Å². The lowest BCUT2D eigenvalue weighted by Crippen LogP contribution is -2.38. The van der Waals surface area contributed by atoms with Crippen LogP contribution in [-0.2, 0) is 16.6 Å². The van der Waals surface area contributed by atoms with Crippen LogP contribution in [0.25, 0.3) is 0 Å². The van der Waals surface area contributed by atoms with Gasteiger partial charge in [-0.3, -0.25) is 4.98 Å². The standard InChI is InChI=1S/C14H23N3O2S/c1-11(12-5-3-2-4-6-12)17-20(18,19)14-8-7-13(9-15)16-10-14/h7-8,10-12,17H,2-6,9,15H2,1H3. The normalized spacial score (nSPS) is 18.9. The molecule has 6 heteroatoms. The number of sulfonamides is 1. The zero-order chi connectivity index (χ0) is 14.6. The van der Waals surface area contributed by atoms with Crippen molar-refractivity contribution >= 4 is 10.0 Å². The Labute approximate surface area is 121 Å². The van der Waals surface area contributed by atoms with Crippen molar-refractivity contribution in [3.8, 4) is 0 Å². The van der Waals surface area contributed by atoms with E-state index < -0.39 is 10.0 Å². The first kappa shape index (κ1) is 15.4. The van der Waals surface area contributed by atoms with Crippen LogP contribution in [0.15, 0.2) is 23.2 Å². The van der Waals surface area contributed by atoms with Gasteiger partial charge in [-0.1, -0.05) is 19.3 Å². The first-order valence-corrected chi connectivity index (χ1v) is 8.68. The molecule has 0 bridgehead atoms. The lowest BCUT2D eigenvalue weighted by Gasteiger charge is -2.28. The molecule has 1 atom stereocenters. The van der Waals surface area contributed by atoms with Crippen LogP contribution < -0.4 is 10.5 Å². The van der Waals surface area contributed by atoms with Gasteiger partial charge in [-0.25, -0.2) is 13.1 Å². The summed E-state index contributed by atoms with van der Waals surface area (Å²) in [5.74, 6) is 0.440. The van der Waals surface area contributed by atoms with E-state index in [-0.39, 0.29) is 10.9 Å². The fourth-order valence-electron chi connectivity index (χ4n) is 2.73. The number of hydrogen-bond acceptors (Lipinski definition) is 4. The van der Waals surface area contributed by atoms with E-state index in [1.807, 2.05) is 6.92 Å². The Kier molecular flexibility index (Phi) is 5.12. The number of rotatable bonds is 5. The topological polar surface area (TPSA) is 85.1 Å². The van der Waals surface area contributed by atoms with Gasteiger partial charge in [0.05, 0.1) is 5.69 Å². The van der Waals surface area contributed by atoms with Crippen LogP contribution in [-0.4, -0.2) is 19.4 Å². The Morgan fingerprint density at radius 3 is 2.60 bits per heavy atom. The summed E-state index contributed by atoms with van der Waals surface area (Å²) in [6, 6.07) is 3.18. The summed E-state index contributed by atoms with van der Waals surface area (Å²) in [4.78, 5) is 4.24. The van der Waals surface area contributed by atoms with Crippen molar-refractivity contribution in [1.29, 1.82) is 0 Å². The van der Waals surface area contributed by atoms with Crippen molar-refractivity contribution in [1.82, 2.24) is 9.71 Å². The summed E-state index contributed by atoms with van der Waals surface area (Å²) in [5.41, 5.74) is 6.14. The minimum Gasteiger partial charge on any atom is -0.325 e. The summed E-state index contributed by atoms with van der Waals surface area (Å²) >= 11 is 0. The largest absolute Gasteiger partial charge is 0.325 e. The first-order valence-electron chi connectivity index (χ1n) is 7.20. The smallest absolute Gasteiger partial charge is 0.242 e. The molecule has 0 spiro atoms. The second kappa shape index (κ2) is 6.65. The average molecular weight is 297 g/mol. The van der Waals surface area contributed by atoms with Crippen LogP contribution in [0.5, 0.6) is 0 Å². The van der Waals surface area contributed by atoms with Gasteiger partial charge >= 0.3 is 0 Å². The quantitative estimate of drug-likeness (QED) is 0.867. The molecule has 0 aromatic carbocycles. The molecule has 1 saturated carbocycles. The minimum absolute atomic E-state index is 0.0329. The van der Waals surface area contributed by atoms with E-state index in [1.54, 1.807) is 12.1 Å². The fourth-order valence-corrected chi connectivity index (χ4v) is 3.99. The number of hydrogen-bond donors (Lipinski definition) is 2. The van der Waals surface area contributed by atoms with Gasteiger partial charge in [-0.15, -0.1) is 0 Å². The lowest BCUT2D eigenvalue weighted by molar-refractivity contribution is 0.303. The third-order valence-corrected chi connectivity index (χ3v) is 5.56. The van der Waals surface area contributed by atoms with Crippen LogP contribution >= 0.6 is 0 Å².